The lowest BCUT2D eigenvalue weighted by molar-refractivity contribution is 0.166. The Balaban J connectivity index is 2.23. The number of sulfonamides is 1. The van der Waals surface area contributed by atoms with Crippen molar-refractivity contribution in [2.24, 2.45) is 0 Å². The molecule has 0 aliphatic heterocycles. The van der Waals surface area contributed by atoms with Gasteiger partial charge >= 0.3 is 0 Å². The van der Waals surface area contributed by atoms with E-state index >= 15 is 0 Å². The predicted molar refractivity (Wildman–Crippen MR) is 79.9 cm³/mol. The summed E-state index contributed by atoms with van der Waals surface area (Å²) in [6.45, 7) is 3.91. The Morgan fingerprint density at radius 2 is 2.24 bits per heavy atom. The minimum Gasteiger partial charge on any atom is -0.464 e. The van der Waals surface area contributed by atoms with Gasteiger partial charge in [-0.05, 0) is 36.7 Å². The third-order valence-corrected chi connectivity index (χ3v) is 5.68. The molecule has 0 saturated heterocycles. The molecule has 0 fully saturated rings. The number of methoxy groups -OCH3 is 1. The third-order valence-electron chi connectivity index (χ3n) is 2.88. The molecule has 0 saturated carbocycles. The van der Waals surface area contributed by atoms with Crippen LogP contribution in [0.5, 0.6) is 0 Å². The zero-order valence-electron chi connectivity index (χ0n) is 12.1. The first-order chi connectivity index (χ1) is 9.96. The van der Waals surface area contributed by atoms with E-state index in [2.05, 4.69) is 9.10 Å². The number of hydrogen-bond donors (Lipinski definition) is 1. The fraction of sp³-hybridized carbons (Fsp3) is 0.462. The molecule has 1 N–H and O–H groups in total. The monoisotopic (exact) mass is 330 g/mol. The summed E-state index contributed by atoms with van der Waals surface area (Å²) in [5.41, 5.74) is 0.676. The van der Waals surface area contributed by atoms with Gasteiger partial charge in [0.05, 0.1) is 12.3 Å². The van der Waals surface area contributed by atoms with Crippen molar-refractivity contribution in [3.8, 4) is 0 Å². The number of aryl methyl sites for hydroxylation is 2. The summed E-state index contributed by atoms with van der Waals surface area (Å²) in [6.07, 6.45) is 0.750. The summed E-state index contributed by atoms with van der Waals surface area (Å²) in [6, 6.07) is 4.57. The molecule has 8 heteroatoms. The lowest BCUT2D eigenvalue weighted by Crippen LogP contribution is -2.30. The minimum atomic E-state index is -3.64. The highest BCUT2D eigenvalue weighted by Crippen LogP contribution is 2.22. The summed E-state index contributed by atoms with van der Waals surface area (Å²) in [5, 5.41) is 0. The maximum atomic E-state index is 12.3. The van der Waals surface area contributed by atoms with Gasteiger partial charge in [0.1, 0.15) is 17.6 Å². The van der Waals surface area contributed by atoms with Crippen LogP contribution in [0.3, 0.4) is 0 Å². The SMILES string of the molecule is CCc1ccc(C(COC)NS(=O)(=O)c2cc(C)ns2)o1. The van der Waals surface area contributed by atoms with Gasteiger partial charge < -0.3 is 9.15 Å². The second-order valence-corrected chi connectivity index (χ2v) is 7.32. The third kappa shape index (κ3) is 3.91. The van der Waals surface area contributed by atoms with Gasteiger partial charge in [-0.3, -0.25) is 0 Å². The average molecular weight is 330 g/mol. The highest BCUT2D eigenvalue weighted by molar-refractivity contribution is 7.91. The van der Waals surface area contributed by atoms with E-state index in [1.54, 1.807) is 13.0 Å². The number of nitrogens with one attached hydrogen (secondary N) is 1. The van der Waals surface area contributed by atoms with Gasteiger partial charge in [0, 0.05) is 13.5 Å². The van der Waals surface area contributed by atoms with Crippen LogP contribution in [-0.2, 0) is 21.2 Å². The van der Waals surface area contributed by atoms with Crippen molar-refractivity contribution in [1.29, 1.82) is 0 Å². The fourth-order valence-electron chi connectivity index (χ4n) is 1.82. The van der Waals surface area contributed by atoms with Crippen LogP contribution < -0.4 is 4.72 Å². The van der Waals surface area contributed by atoms with Crippen LogP contribution in [-0.4, -0.2) is 26.5 Å². The Morgan fingerprint density at radius 3 is 2.76 bits per heavy atom. The number of hydrogen-bond acceptors (Lipinski definition) is 6. The Bertz CT molecular complexity index is 691. The number of nitrogens with zero attached hydrogens (tertiary/aromatic N) is 1. The average Bonchev–Trinajstić information content (AvgIpc) is 3.06. The van der Waals surface area contributed by atoms with E-state index in [0.717, 1.165) is 23.7 Å². The molecular formula is C13H18N2O4S2. The van der Waals surface area contributed by atoms with Crippen molar-refractivity contribution in [3.63, 3.8) is 0 Å². The van der Waals surface area contributed by atoms with Crippen LogP contribution in [0, 0.1) is 6.92 Å². The number of furan rings is 1. The van der Waals surface area contributed by atoms with E-state index in [1.165, 1.54) is 13.2 Å². The molecule has 1 atom stereocenters. The van der Waals surface area contributed by atoms with Crippen molar-refractivity contribution < 1.29 is 17.6 Å². The first kappa shape index (κ1) is 16.2. The molecule has 0 spiro atoms. The molecule has 21 heavy (non-hydrogen) atoms. The molecule has 2 aromatic rings. The predicted octanol–water partition coefficient (Wildman–Crippen LogP) is 2.27. The van der Waals surface area contributed by atoms with Gasteiger partial charge in [0.25, 0.3) is 10.0 Å². The lowest BCUT2D eigenvalue weighted by atomic mass is 10.2. The minimum absolute atomic E-state index is 0.184. The topological polar surface area (TPSA) is 81.4 Å². The van der Waals surface area contributed by atoms with Gasteiger partial charge in [-0.2, -0.15) is 9.10 Å². The summed E-state index contributed by atoms with van der Waals surface area (Å²) in [4.78, 5) is 0. The molecule has 0 aliphatic carbocycles. The Labute approximate surface area is 128 Å². The number of rotatable bonds is 7. The molecular weight excluding hydrogens is 312 g/mol. The molecule has 0 bridgehead atoms. The summed E-state index contributed by atoms with van der Waals surface area (Å²) >= 11 is 0.950. The van der Waals surface area contributed by atoms with E-state index < -0.39 is 16.1 Å². The lowest BCUT2D eigenvalue weighted by Gasteiger charge is -2.15. The highest BCUT2D eigenvalue weighted by Gasteiger charge is 2.25. The quantitative estimate of drug-likeness (QED) is 0.842. The van der Waals surface area contributed by atoms with E-state index in [-0.39, 0.29) is 10.8 Å². The molecule has 0 aliphatic rings. The van der Waals surface area contributed by atoms with Crippen LogP contribution in [0.1, 0.15) is 30.2 Å². The zero-order chi connectivity index (χ0) is 15.5. The van der Waals surface area contributed by atoms with Crippen LogP contribution in [0.4, 0.5) is 0 Å². The zero-order valence-corrected chi connectivity index (χ0v) is 13.8. The Morgan fingerprint density at radius 1 is 1.48 bits per heavy atom. The first-order valence-electron chi connectivity index (χ1n) is 6.49. The van der Waals surface area contributed by atoms with Crippen LogP contribution in [0.2, 0.25) is 0 Å². The first-order valence-corrected chi connectivity index (χ1v) is 8.75. The molecule has 116 valence electrons. The van der Waals surface area contributed by atoms with Crippen LogP contribution in [0.25, 0.3) is 0 Å². The maximum Gasteiger partial charge on any atom is 0.252 e. The fourth-order valence-corrected chi connectivity index (χ4v) is 3.98. The smallest absolute Gasteiger partial charge is 0.252 e. The number of aromatic nitrogens is 1. The second kappa shape index (κ2) is 6.69. The normalized spacial score (nSPS) is 13.5. The Hall–Kier alpha value is -1.22. The molecule has 0 radical (unpaired) electrons. The van der Waals surface area contributed by atoms with Crippen molar-refractivity contribution >= 4 is 21.6 Å². The summed E-state index contributed by atoms with van der Waals surface area (Å²) in [5.74, 6) is 1.34. The van der Waals surface area contributed by atoms with Crippen molar-refractivity contribution in [3.05, 3.63) is 35.4 Å². The largest absolute Gasteiger partial charge is 0.464 e. The van der Waals surface area contributed by atoms with Gasteiger partial charge in [0.15, 0.2) is 4.21 Å². The second-order valence-electron chi connectivity index (χ2n) is 4.57. The van der Waals surface area contributed by atoms with Gasteiger partial charge in [-0.1, -0.05) is 6.92 Å². The van der Waals surface area contributed by atoms with E-state index in [9.17, 15) is 8.42 Å². The van der Waals surface area contributed by atoms with Crippen molar-refractivity contribution in [1.82, 2.24) is 9.10 Å². The summed E-state index contributed by atoms with van der Waals surface area (Å²) < 4.78 is 42.2. The van der Waals surface area contributed by atoms with E-state index in [4.69, 9.17) is 9.15 Å². The summed E-state index contributed by atoms with van der Waals surface area (Å²) in [7, 11) is -2.12. The molecule has 2 aromatic heterocycles. The number of ether oxygens (including phenoxy) is 1. The molecule has 6 nitrogen and oxygen atoms in total. The Kier molecular flexibility index (Phi) is 5.15. The highest BCUT2D eigenvalue weighted by atomic mass is 32.2. The van der Waals surface area contributed by atoms with Gasteiger partial charge in [-0.25, -0.2) is 8.42 Å². The van der Waals surface area contributed by atoms with E-state index in [0.29, 0.717) is 11.5 Å². The molecule has 2 rings (SSSR count). The van der Waals surface area contributed by atoms with Crippen LogP contribution >= 0.6 is 11.5 Å². The van der Waals surface area contributed by atoms with Crippen molar-refractivity contribution in [2.75, 3.05) is 13.7 Å². The van der Waals surface area contributed by atoms with Crippen LogP contribution in [0.15, 0.2) is 26.8 Å². The van der Waals surface area contributed by atoms with Crippen molar-refractivity contribution in [2.45, 2.75) is 30.5 Å². The molecule has 1 unspecified atom stereocenters. The molecule has 0 aromatic carbocycles. The molecule has 0 amide bonds. The van der Waals surface area contributed by atoms with Gasteiger partial charge in [-0.15, -0.1) is 0 Å². The molecule has 2 heterocycles. The maximum absolute atomic E-state index is 12.3. The standard InChI is InChI=1S/C13H18N2O4S2/c1-4-10-5-6-12(19-10)11(8-18-3)15-21(16,17)13-7-9(2)14-20-13/h5-7,11,15H,4,8H2,1-3H3. The van der Waals surface area contributed by atoms with E-state index in [1.807, 2.05) is 13.0 Å². The van der Waals surface area contributed by atoms with Gasteiger partial charge in [0.2, 0.25) is 0 Å².